The van der Waals surface area contributed by atoms with E-state index in [4.69, 9.17) is 5.11 Å². The fourth-order valence-corrected chi connectivity index (χ4v) is 1.69. The van der Waals surface area contributed by atoms with Crippen molar-refractivity contribution < 1.29 is 5.11 Å². The number of aliphatic hydroxyl groups is 1. The molecule has 0 aromatic carbocycles. The Morgan fingerprint density at radius 2 is 2.13 bits per heavy atom. The average molecular weight is 211 g/mol. The number of aromatic nitrogens is 2. The Balaban J connectivity index is 2.50. The first-order valence-electron chi connectivity index (χ1n) is 5.39. The minimum absolute atomic E-state index is 0.169. The molecule has 86 valence electrons. The molecule has 0 fully saturated rings. The first-order chi connectivity index (χ1) is 7.06. The van der Waals surface area contributed by atoms with Crippen molar-refractivity contribution in [3.05, 3.63) is 17.0 Å². The molecule has 0 aliphatic rings. The molecule has 0 aliphatic heterocycles. The van der Waals surface area contributed by atoms with E-state index in [1.165, 1.54) is 11.3 Å². The zero-order valence-electron chi connectivity index (χ0n) is 10.0. The number of aryl methyl sites for hydroxylation is 2. The van der Waals surface area contributed by atoms with E-state index in [2.05, 4.69) is 17.3 Å². The van der Waals surface area contributed by atoms with E-state index in [1.54, 1.807) is 0 Å². The lowest BCUT2D eigenvalue weighted by atomic mass is 10.1. The highest BCUT2D eigenvalue weighted by Gasteiger charge is 2.08. The lowest BCUT2D eigenvalue weighted by molar-refractivity contribution is 0.252. The van der Waals surface area contributed by atoms with Gasteiger partial charge in [0.2, 0.25) is 0 Å². The lowest BCUT2D eigenvalue weighted by Gasteiger charge is -2.10. The molecule has 0 bridgehead atoms. The fourth-order valence-electron chi connectivity index (χ4n) is 1.69. The van der Waals surface area contributed by atoms with Gasteiger partial charge in [-0.05, 0) is 39.3 Å². The van der Waals surface area contributed by atoms with Crippen molar-refractivity contribution >= 4 is 0 Å². The normalized spacial score (nSPS) is 13.1. The molecule has 4 nitrogen and oxygen atoms in total. The molecule has 1 unspecified atom stereocenters. The van der Waals surface area contributed by atoms with Crippen LogP contribution in [-0.4, -0.2) is 34.1 Å². The van der Waals surface area contributed by atoms with Crippen molar-refractivity contribution in [2.45, 2.75) is 33.2 Å². The maximum Gasteiger partial charge on any atom is 0.0628 e. The number of nitrogens with one attached hydrogen (secondary N) is 1. The minimum atomic E-state index is 0.169. The van der Waals surface area contributed by atoms with Gasteiger partial charge in [-0.1, -0.05) is 0 Å². The molecule has 1 aromatic rings. The topological polar surface area (TPSA) is 50.1 Å². The number of nitrogens with zero attached hydrogens (tertiary/aromatic N) is 2. The van der Waals surface area contributed by atoms with E-state index in [-0.39, 0.29) is 12.6 Å². The van der Waals surface area contributed by atoms with Crippen LogP contribution in [0.2, 0.25) is 0 Å². The van der Waals surface area contributed by atoms with Crippen molar-refractivity contribution in [3.63, 3.8) is 0 Å². The van der Waals surface area contributed by atoms with Crippen molar-refractivity contribution in [1.82, 2.24) is 15.1 Å². The van der Waals surface area contributed by atoms with Gasteiger partial charge in [-0.25, -0.2) is 0 Å². The summed E-state index contributed by atoms with van der Waals surface area (Å²) in [4.78, 5) is 0. The molecule has 4 heteroatoms. The molecule has 15 heavy (non-hydrogen) atoms. The second kappa shape index (κ2) is 5.28. The predicted octanol–water partition coefficient (Wildman–Crippen LogP) is 0.550. The van der Waals surface area contributed by atoms with Crippen molar-refractivity contribution in [1.29, 1.82) is 0 Å². The van der Waals surface area contributed by atoms with Crippen LogP contribution < -0.4 is 5.32 Å². The Kier molecular flexibility index (Phi) is 4.29. The smallest absolute Gasteiger partial charge is 0.0628 e. The second-order valence-electron chi connectivity index (χ2n) is 4.06. The summed E-state index contributed by atoms with van der Waals surface area (Å²) < 4.78 is 1.92. The summed E-state index contributed by atoms with van der Waals surface area (Å²) in [6.07, 6.45) is 0.968. The Bertz CT molecular complexity index is 320. The zero-order chi connectivity index (χ0) is 11.4. The van der Waals surface area contributed by atoms with Crippen LogP contribution in [0, 0.1) is 13.8 Å². The minimum Gasteiger partial charge on any atom is -0.395 e. The molecular formula is C11H21N3O. The van der Waals surface area contributed by atoms with Crippen LogP contribution in [0.1, 0.15) is 23.9 Å². The monoisotopic (exact) mass is 211 g/mol. The van der Waals surface area contributed by atoms with E-state index >= 15 is 0 Å². The Hall–Kier alpha value is -0.870. The van der Waals surface area contributed by atoms with Gasteiger partial charge in [0.25, 0.3) is 0 Å². The van der Waals surface area contributed by atoms with E-state index in [0.717, 1.165) is 18.7 Å². The first kappa shape index (κ1) is 12.2. The number of hydrogen-bond acceptors (Lipinski definition) is 3. The van der Waals surface area contributed by atoms with Gasteiger partial charge in [-0.3, -0.25) is 4.68 Å². The van der Waals surface area contributed by atoms with Gasteiger partial charge in [-0.15, -0.1) is 0 Å². The quantitative estimate of drug-likeness (QED) is 0.748. The molecule has 1 heterocycles. The molecule has 2 N–H and O–H groups in total. The molecule has 0 saturated heterocycles. The van der Waals surface area contributed by atoms with Crippen LogP contribution in [0.4, 0.5) is 0 Å². The van der Waals surface area contributed by atoms with Crippen molar-refractivity contribution in [2.24, 2.45) is 7.05 Å². The highest BCUT2D eigenvalue weighted by Crippen LogP contribution is 2.11. The van der Waals surface area contributed by atoms with Crippen molar-refractivity contribution in [2.75, 3.05) is 13.2 Å². The number of aliphatic hydroxyl groups excluding tert-OH is 1. The first-order valence-corrected chi connectivity index (χ1v) is 5.39. The Morgan fingerprint density at radius 3 is 2.60 bits per heavy atom. The summed E-state index contributed by atoms with van der Waals surface area (Å²) in [5.41, 5.74) is 3.65. The average Bonchev–Trinajstić information content (AvgIpc) is 2.44. The third-order valence-corrected chi connectivity index (χ3v) is 2.80. The Labute approximate surface area is 91.3 Å². The number of hydrogen-bond donors (Lipinski definition) is 2. The van der Waals surface area contributed by atoms with Crippen LogP contribution in [0.25, 0.3) is 0 Å². The second-order valence-corrected chi connectivity index (χ2v) is 4.06. The standard InChI is InChI=1S/C11H21N3O/c1-8(7-15)12-6-5-11-9(2)13-14(4)10(11)3/h8,12,15H,5-7H2,1-4H3. The molecule has 1 atom stereocenters. The predicted molar refractivity (Wildman–Crippen MR) is 60.9 cm³/mol. The third-order valence-electron chi connectivity index (χ3n) is 2.80. The molecular weight excluding hydrogens is 190 g/mol. The van der Waals surface area contributed by atoms with Crippen LogP contribution >= 0.6 is 0 Å². The van der Waals surface area contributed by atoms with E-state index < -0.39 is 0 Å². The molecule has 0 radical (unpaired) electrons. The summed E-state index contributed by atoms with van der Waals surface area (Å²) in [7, 11) is 1.97. The SMILES string of the molecule is Cc1nn(C)c(C)c1CCNC(C)CO. The largest absolute Gasteiger partial charge is 0.395 e. The van der Waals surface area contributed by atoms with Crippen LogP contribution in [0.15, 0.2) is 0 Å². The summed E-state index contributed by atoms with van der Waals surface area (Å²) in [6.45, 7) is 7.17. The maximum absolute atomic E-state index is 8.87. The van der Waals surface area contributed by atoms with Crippen molar-refractivity contribution in [3.8, 4) is 0 Å². The van der Waals surface area contributed by atoms with Gasteiger partial charge in [0.05, 0.1) is 12.3 Å². The van der Waals surface area contributed by atoms with Gasteiger partial charge in [-0.2, -0.15) is 5.10 Å². The van der Waals surface area contributed by atoms with Gasteiger partial charge in [0.1, 0.15) is 0 Å². The van der Waals surface area contributed by atoms with E-state index in [1.807, 2.05) is 25.6 Å². The highest BCUT2D eigenvalue weighted by atomic mass is 16.3. The van der Waals surface area contributed by atoms with E-state index in [0.29, 0.717) is 0 Å². The number of rotatable bonds is 5. The van der Waals surface area contributed by atoms with Crippen LogP contribution in [-0.2, 0) is 13.5 Å². The van der Waals surface area contributed by atoms with Gasteiger partial charge in [0.15, 0.2) is 0 Å². The van der Waals surface area contributed by atoms with Gasteiger partial charge in [0, 0.05) is 18.8 Å². The lowest BCUT2D eigenvalue weighted by Crippen LogP contribution is -2.31. The highest BCUT2D eigenvalue weighted by molar-refractivity contribution is 5.24. The molecule has 0 spiro atoms. The maximum atomic E-state index is 8.87. The third kappa shape index (κ3) is 3.04. The summed E-state index contributed by atoms with van der Waals surface area (Å²) in [5.74, 6) is 0. The zero-order valence-corrected chi connectivity index (χ0v) is 10.0. The summed E-state index contributed by atoms with van der Waals surface area (Å²) in [6, 6.07) is 0.169. The molecule has 0 aliphatic carbocycles. The van der Waals surface area contributed by atoms with Crippen LogP contribution in [0.3, 0.4) is 0 Å². The fraction of sp³-hybridized carbons (Fsp3) is 0.727. The van der Waals surface area contributed by atoms with E-state index in [9.17, 15) is 0 Å². The summed E-state index contributed by atoms with van der Waals surface area (Å²) in [5, 5.41) is 16.5. The molecule has 0 amide bonds. The van der Waals surface area contributed by atoms with Crippen LogP contribution in [0.5, 0.6) is 0 Å². The Morgan fingerprint density at radius 1 is 1.47 bits per heavy atom. The van der Waals surface area contributed by atoms with Gasteiger partial charge < -0.3 is 10.4 Å². The molecule has 0 saturated carbocycles. The summed E-state index contributed by atoms with van der Waals surface area (Å²) >= 11 is 0. The molecule has 1 rings (SSSR count). The molecule has 1 aromatic heterocycles. The van der Waals surface area contributed by atoms with Gasteiger partial charge >= 0.3 is 0 Å².